The van der Waals surface area contributed by atoms with Gasteiger partial charge in [0.05, 0.1) is 12.6 Å². The zero-order chi connectivity index (χ0) is 13.5. The zero-order valence-corrected chi connectivity index (χ0v) is 10.8. The van der Waals surface area contributed by atoms with Gasteiger partial charge in [-0.2, -0.15) is 0 Å². The van der Waals surface area contributed by atoms with Gasteiger partial charge in [0.2, 0.25) is 11.8 Å². The van der Waals surface area contributed by atoms with Crippen LogP contribution < -0.4 is 15.4 Å². The number of hydrogen-bond donors (Lipinski definition) is 2. The van der Waals surface area contributed by atoms with E-state index in [4.69, 9.17) is 4.74 Å². The van der Waals surface area contributed by atoms with Crippen LogP contribution in [0.15, 0.2) is 24.3 Å². The fraction of sp³-hybridized carbons (Fsp3) is 0.385. The Morgan fingerprint density at radius 3 is 2.33 bits per heavy atom. The minimum atomic E-state index is -0.261. The van der Waals surface area contributed by atoms with Gasteiger partial charge in [-0.3, -0.25) is 9.59 Å². The number of amides is 2. The number of rotatable bonds is 5. The van der Waals surface area contributed by atoms with E-state index in [1.807, 2.05) is 13.8 Å². The van der Waals surface area contributed by atoms with E-state index in [1.54, 1.807) is 24.3 Å². The number of carbonyl (C=O) groups excluding carboxylic acids is 2. The summed E-state index contributed by atoms with van der Waals surface area (Å²) in [7, 11) is 0. The molecule has 0 atom stereocenters. The molecule has 98 valence electrons. The van der Waals surface area contributed by atoms with Crippen LogP contribution in [0.2, 0.25) is 0 Å². The highest BCUT2D eigenvalue weighted by molar-refractivity contribution is 5.94. The van der Waals surface area contributed by atoms with E-state index in [0.717, 1.165) is 5.75 Å². The van der Waals surface area contributed by atoms with E-state index in [2.05, 4.69) is 10.6 Å². The third-order valence-electron chi connectivity index (χ3n) is 2.01. The molecule has 0 aliphatic rings. The second-order valence-corrected chi connectivity index (χ2v) is 4.15. The molecule has 0 saturated carbocycles. The van der Waals surface area contributed by atoms with Gasteiger partial charge in [-0.05, 0) is 38.1 Å². The quantitative estimate of drug-likeness (QED) is 0.833. The van der Waals surface area contributed by atoms with Gasteiger partial charge in [-0.15, -0.1) is 0 Å². The number of ether oxygens (including phenoxy) is 1. The first kappa shape index (κ1) is 14.0. The van der Waals surface area contributed by atoms with Gasteiger partial charge in [0.25, 0.3) is 0 Å². The summed E-state index contributed by atoms with van der Waals surface area (Å²) >= 11 is 0. The lowest BCUT2D eigenvalue weighted by Crippen LogP contribution is -2.31. The fourth-order valence-electron chi connectivity index (χ4n) is 1.30. The van der Waals surface area contributed by atoms with Gasteiger partial charge >= 0.3 is 0 Å². The largest absolute Gasteiger partial charge is 0.491 e. The molecule has 5 nitrogen and oxygen atoms in total. The lowest BCUT2D eigenvalue weighted by molar-refractivity contribution is -0.122. The van der Waals surface area contributed by atoms with Crippen molar-refractivity contribution < 1.29 is 14.3 Å². The van der Waals surface area contributed by atoms with E-state index < -0.39 is 0 Å². The standard InChI is InChI=1S/C13H18N2O3/c1-9(2)18-12-6-4-11(5-7-12)15-13(17)8-14-10(3)16/h4-7,9H,8H2,1-3H3,(H,14,16)(H,15,17). The molecule has 18 heavy (non-hydrogen) atoms. The average molecular weight is 250 g/mol. The molecule has 1 aromatic carbocycles. The van der Waals surface area contributed by atoms with Gasteiger partial charge in [-0.1, -0.05) is 0 Å². The molecule has 2 N–H and O–H groups in total. The van der Waals surface area contributed by atoms with Crippen LogP contribution in [0.5, 0.6) is 5.75 Å². The molecule has 0 aliphatic carbocycles. The Morgan fingerprint density at radius 1 is 1.22 bits per heavy atom. The van der Waals surface area contributed by atoms with Crippen molar-refractivity contribution in [3.8, 4) is 5.75 Å². The highest BCUT2D eigenvalue weighted by Gasteiger charge is 2.03. The molecule has 0 heterocycles. The van der Waals surface area contributed by atoms with Crippen molar-refractivity contribution in [2.75, 3.05) is 11.9 Å². The van der Waals surface area contributed by atoms with Crippen LogP contribution in [-0.4, -0.2) is 24.5 Å². The van der Waals surface area contributed by atoms with Crippen LogP contribution in [-0.2, 0) is 9.59 Å². The number of carbonyl (C=O) groups is 2. The number of benzene rings is 1. The Labute approximate surface area is 107 Å². The topological polar surface area (TPSA) is 67.4 Å². The highest BCUT2D eigenvalue weighted by atomic mass is 16.5. The van der Waals surface area contributed by atoms with Crippen LogP contribution in [0.1, 0.15) is 20.8 Å². The van der Waals surface area contributed by atoms with Gasteiger partial charge < -0.3 is 15.4 Å². The van der Waals surface area contributed by atoms with Crippen molar-refractivity contribution in [1.29, 1.82) is 0 Å². The lowest BCUT2D eigenvalue weighted by atomic mass is 10.3. The third kappa shape index (κ3) is 5.34. The van der Waals surface area contributed by atoms with Crippen molar-refractivity contribution in [1.82, 2.24) is 5.32 Å². The predicted octanol–water partition coefficient (Wildman–Crippen LogP) is 1.55. The zero-order valence-electron chi connectivity index (χ0n) is 10.8. The molecule has 0 spiro atoms. The summed E-state index contributed by atoms with van der Waals surface area (Å²) in [5.41, 5.74) is 0.668. The molecule has 0 aromatic heterocycles. The van der Waals surface area contributed by atoms with Crippen LogP contribution in [0.25, 0.3) is 0 Å². The van der Waals surface area contributed by atoms with Gasteiger partial charge in [0, 0.05) is 12.6 Å². The molecule has 1 aromatic rings. The van der Waals surface area contributed by atoms with E-state index >= 15 is 0 Å². The molecule has 0 fully saturated rings. The molecule has 1 rings (SSSR count). The molecule has 5 heteroatoms. The Hall–Kier alpha value is -2.04. The summed E-state index contributed by atoms with van der Waals surface area (Å²) in [5, 5.41) is 5.10. The first-order chi connectivity index (χ1) is 8.47. The Kier molecular flexibility index (Phi) is 5.17. The maximum absolute atomic E-state index is 11.4. The summed E-state index contributed by atoms with van der Waals surface area (Å²) < 4.78 is 5.48. The molecule has 0 bridgehead atoms. The Bertz CT molecular complexity index is 413. The summed E-state index contributed by atoms with van der Waals surface area (Å²) in [5.74, 6) is 0.262. The first-order valence-corrected chi connectivity index (χ1v) is 5.78. The molecule has 0 aliphatic heterocycles. The minimum Gasteiger partial charge on any atom is -0.491 e. The van der Waals surface area contributed by atoms with Crippen molar-refractivity contribution >= 4 is 17.5 Å². The van der Waals surface area contributed by atoms with Crippen molar-refractivity contribution in [2.24, 2.45) is 0 Å². The molecule has 2 amide bonds. The van der Waals surface area contributed by atoms with Crippen molar-refractivity contribution in [3.05, 3.63) is 24.3 Å². The molecule has 0 saturated heterocycles. The van der Waals surface area contributed by atoms with E-state index in [1.165, 1.54) is 6.92 Å². The van der Waals surface area contributed by atoms with Crippen LogP contribution in [0.3, 0.4) is 0 Å². The third-order valence-corrected chi connectivity index (χ3v) is 2.01. The number of hydrogen-bond acceptors (Lipinski definition) is 3. The first-order valence-electron chi connectivity index (χ1n) is 5.78. The summed E-state index contributed by atoms with van der Waals surface area (Å²) in [6.45, 7) is 5.23. The van der Waals surface area contributed by atoms with Gasteiger partial charge in [0.1, 0.15) is 5.75 Å². The monoisotopic (exact) mass is 250 g/mol. The van der Waals surface area contributed by atoms with Crippen LogP contribution >= 0.6 is 0 Å². The Balaban J connectivity index is 2.48. The summed E-state index contributed by atoms with van der Waals surface area (Å²) in [6.07, 6.45) is 0.116. The molecular weight excluding hydrogens is 232 g/mol. The van der Waals surface area contributed by atoms with Crippen molar-refractivity contribution in [2.45, 2.75) is 26.9 Å². The molecule has 0 unspecified atom stereocenters. The van der Waals surface area contributed by atoms with Gasteiger partial charge in [-0.25, -0.2) is 0 Å². The van der Waals surface area contributed by atoms with Gasteiger partial charge in [0.15, 0.2) is 0 Å². The highest BCUT2D eigenvalue weighted by Crippen LogP contribution is 2.16. The second-order valence-electron chi connectivity index (χ2n) is 4.15. The van der Waals surface area contributed by atoms with E-state index in [0.29, 0.717) is 5.69 Å². The normalized spacial score (nSPS) is 10.0. The SMILES string of the molecule is CC(=O)NCC(=O)Nc1ccc(OC(C)C)cc1. The number of anilines is 1. The minimum absolute atomic E-state index is 0.0282. The maximum atomic E-state index is 11.4. The summed E-state index contributed by atoms with van der Waals surface area (Å²) in [4.78, 5) is 22.1. The number of nitrogens with one attached hydrogen (secondary N) is 2. The Morgan fingerprint density at radius 2 is 1.83 bits per heavy atom. The van der Waals surface area contributed by atoms with E-state index in [-0.39, 0.29) is 24.5 Å². The van der Waals surface area contributed by atoms with Crippen LogP contribution in [0.4, 0.5) is 5.69 Å². The fourth-order valence-corrected chi connectivity index (χ4v) is 1.30. The molecule has 0 radical (unpaired) electrons. The average Bonchev–Trinajstić information content (AvgIpc) is 2.28. The lowest BCUT2D eigenvalue weighted by Gasteiger charge is -2.10. The second kappa shape index (κ2) is 6.64. The molecular formula is C13H18N2O3. The van der Waals surface area contributed by atoms with Crippen LogP contribution in [0, 0.1) is 0 Å². The van der Waals surface area contributed by atoms with Crippen molar-refractivity contribution in [3.63, 3.8) is 0 Å². The van der Waals surface area contributed by atoms with E-state index in [9.17, 15) is 9.59 Å². The maximum Gasteiger partial charge on any atom is 0.243 e. The smallest absolute Gasteiger partial charge is 0.243 e. The predicted molar refractivity (Wildman–Crippen MR) is 69.5 cm³/mol. The summed E-state index contributed by atoms with van der Waals surface area (Å²) in [6, 6.07) is 7.08.